The first kappa shape index (κ1) is 17.2. The van der Waals surface area contributed by atoms with E-state index < -0.39 is 17.8 Å². The molecule has 0 radical (unpaired) electrons. The molecule has 0 aliphatic heterocycles. The third-order valence-corrected chi connectivity index (χ3v) is 4.78. The van der Waals surface area contributed by atoms with Gasteiger partial charge in [0.15, 0.2) is 0 Å². The molecule has 1 heterocycles. The molecule has 1 aromatic heterocycles. The predicted molar refractivity (Wildman–Crippen MR) is 94.9 cm³/mol. The van der Waals surface area contributed by atoms with E-state index in [9.17, 15) is 9.59 Å². The molecular weight excluding hydrogens is 318 g/mol. The van der Waals surface area contributed by atoms with E-state index in [0.29, 0.717) is 18.7 Å². The zero-order valence-corrected chi connectivity index (χ0v) is 14.7. The van der Waals surface area contributed by atoms with Gasteiger partial charge >= 0.3 is 5.97 Å². The Balaban J connectivity index is 1.88. The number of hydrogen-bond donors (Lipinski definition) is 2. The van der Waals surface area contributed by atoms with Crippen LogP contribution in [-0.2, 0) is 9.59 Å². The molecule has 3 rings (SSSR count). The Morgan fingerprint density at radius 2 is 1.84 bits per heavy atom. The Hall–Kier alpha value is -2.63. The Morgan fingerprint density at radius 1 is 1.20 bits per heavy atom. The summed E-state index contributed by atoms with van der Waals surface area (Å²) < 4.78 is 1.71. The van der Waals surface area contributed by atoms with Gasteiger partial charge in [-0.1, -0.05) is 31.5 Å². The van der Waals surface area contributed by atoms with Crippen LogP contribution in [0.15, 0.2) is 30.3 Å². The van der Waals surface area contributed by atoms with Gasteiger partial charge in [0.1, 0.15) is 5.82 Å². The van der Waals surface area contributed by atoms with Gasteiger partial charge in [-0.25, -0.2) is 4.68 Å². The number of rotatable bonds is 5. The number of carbonyl (C=O) groups is 2. The smallest absolute Gasteiger partial charge is 0.307 e. The number of benzene rings is 1. The monoisotopic (exact) mass is 341 g/mol. The van der Waals surface area contributed by atoms with Gasteiger partial charge in [-0.2, -0.15) is 5.10 Å². The van der Waals surface area contributed by atoms with Crippen LogP contribution in [0.25, 0.3) is 5.69 Å². The lowest BCUT2D eigenvalue weighted by atomic mass is 9.73. The molecular formula is C19H23N3O3. The Kier molecular flexibility index (Phi) is 4.61. The highest BCUT2D eigenvalue weighted by Gasteiger charge is 2.41. The van der Waals surface area contributed by atoms with Crippen LogP contribution >= 0.6 is 0 Å². The van der Waals surface area contributed by atoms with Crippen molar-refractivity contribution in [1.82, 2.24) is 9.78 Å². The first-order valence-electron chi connectivity index (χ1n) is 8.57. The number of hydrogen-bond acceptors (Lipinski definition) is 3. The maximum Gasteiger partial charge on any atom is 0.307 e. The summed E-state index contributed by atoms with van der Waals surface area (Å²) in [6.07, 6.45) is 1.17. The molecule has 1 fully saturated rings. The van der Waals surface area contributed by atoms with Crippen LogP contribution in [0.1, 0.15) is 43.9 Å². The first-order valence-corrected chi connectivity index (χ1v) is 8.57. The quantitative estimate of drug-likeness (QED) is 0.873. The van der Waals surface area contributed by atoms with Crippen molar-refractivity contribution in [2.75, 3.05) is 5.32 Å². The Morgan fingerprint density at radius 3 is 2.36 bits per heavy atom. The largest absolute Gasteiger partial charge is 0.481 e. The number of anilines is 1. The number of carboxylic acids is 1. The van der Waals surface area contributed by atoms with Gasteiger partial charge in [-0.05, 0) is 37.8 Å². The molecule has 1 aliphatic rings. The lowest BCUT2D eigenvalue weighted by Gasteiger charge is -2.31. The molecule has 1 aromatic carbocycles. The Bertz CT molecular complexity index is 793. The molecule has 132 valence electrons. The van der Waals surface area contributed by atoms with Crippen LogP contribution in [0.5, 0.6) is 0 Å². The minimum absolute atomic E-state index is 0.220. The highest BCUT2D eigenvalue weighted by atomic mass is 16.4. The van der Waals surface area contributed by atoms with Crippen LogP contribution in [-0.4, -0.2) is 26.8 Å². The lowest BCUT2D eigenvalue weighted by Crippen LogP contribution is -2.41. The van der Waals surface area contributed by atoms with E-state index in [1.807, 2.05) is 51.1 Å². The molecule has 2 N–H and O–H groups in total. The normalized spacial score (nSPS) is 19.5. The zero-order valence-electron chi connectivity index (χ0n) is 14.7. The fourth-order valence-electron chi connectivity index (χ4n) is 2.98. The minimum Gasteiger partial charge on any atom is -0.481 e. The Labute approximate surface area is 146 Å². The van der Waals surface area contributed by atoms with Crippen LogP contribution in [0.3, 0.4) is 0 Å². The van der Waals surface area contributed by atoms with E-state index in [1.165, 1.54) is 0 Å². The van der Waals surface area contributed by atoms with Gasteiger partial charge < -0.3 is 10.4 Å². The number of amides is 1. The standard InChI is InChI=1S/C19H23N3O3/c1-11(2)16-10-17(20-18(23)14-8-9-15(14)19(24)25)22(21-16)13-6-4-12(3)5-7-13/h4-7,10-11,14-15H,8-9H2,1-3H3,(H,20,23)(H,24,25)/t14-,15-/m1/s1. The van der Waals surface area contributed by atoms with Crippen molar-refractivity contribution in [3.8, 4) is 5.69 Å². The third kappa shape index (κ3) is 3.43. The van der Waals surface area contributed by atoms with Gasteiger partial charge in [0.2, 0.25) is 5.91 Å². The minimum atomic E-state index is -0.902. The second kappa shape index (κ2) is 6.70. The third-order valence-electron chi connectivity index (χ3n) is 4.78. The van der Waals surface area contributed by atoms with Gasteiger partial charge in [-0.3, -0.25) is 9.59 Å². The summed E-state index contributed by atoms with van der Waals surface area (Å²) in [4.78, 5) is 23.7. The van der Waals surface area contributed by atoms with Crippen molar-refractivity contribution in [3.05, 3.63) is 41.6 Å². The van der Waals surface area contributed by atoms with Gasteiger partial charge in [-0.15, -0.1) is 0 Å². The van der Waals surface area contributed by atoms with Crippen molar-refractivity contribution < 1.29 is 14.7 Å². The van der Waals surface area contributed by atoms with Gasteiger partial charge in [0.25, 0.3) is 0 Å². The molecule has 1 amide bonds. The fraction of sp³-hybridized carbons (Fsp3) is 0.421. The summed E-state index contributed by atoms with van der Waals surface area (Å²) in [6, 6.07) is 9.74. The zero-order chi connectivity index (χ0) is 18.1. The van der Waals surface area contributed by atoms with E-state index in [0.717, 1.165) is 16.9 Å². The molecule has 2 atom stereocenters. The van der Waals surface area contributed by atoms with E-state index in [4.69, 9.17) is 5.11 Å². The average molecular weight is 341 g/mol. The van der Waals surface area contributed by atoms with Crippen LogP contribution in [0.4, 0.5) is 5.82 Å². The molecule has 0 unspecified atom stereocenters. The second-order valence-electron chi connectivity index (χ2n) is 6.97. The summed E-state index contributed by atoms with van der Waals surface area (Å²) in [6.45, 7) is 6.09. The molecule has 6 heteroatoms. The summed E-state index contributed by atoms with van der Waals surface area (Å²) in [5.41, 5.74) is 2.87. The van der Waals surface area contributed by atoms with E-state index in [-0.39, 0.29) is 11.8 Å². The fourth-order valence-corrected chi connectivity index (χ4v) is 2.98. The number of carbonyl (C=O) groups excluding carboxylic acids is 1. The van der Waals surface area contributed by atoms with Crippen molar-refractivity contribution in [1.29, 1.82) is 0 Å². The topological polar surface area (TPSA) is 84.2 Å². The van der Waals surface area contributed by atoms with Crippen molar-refractivity contribution >= 4 is 17.7 Å². The maximum absolute atomic E-state index is 12.5. The molecule has 0 bridgehead atoms. The number of aliphatic carboxylic acids is 1. The molecule has 1 saturated carbocycles. The molecule has 0 saturated heterocycles. The number of nitrogens with one attached hydrogen (secondary N) is 1. The van der Waals surface area contributed by atoms with E-state index in [1.54, 1.807) is 4.68 Å². The predicted octanol–water partition coefficient (Wildman–Crippen LogP) is 3.35. The molecule has 0 spiro atoms. The average Bonchev–Trinajstić information content (AvgIpc) is 2.90. The SMILES string of the molecule is Cc1ccc(-n2nc(C(C)C)cc2NC(=O)[C@@H]2CC[C@H]2C(=O)O)cc1. The number of nitrogens with zero attached hydrogens (tertiary/aromatic N) is 2. The van der Waals surface area contributed by atoms with E-state index >= 15 is 0 Å². The van der Waals surface area contributed by atoms with Crippen molar-refractivity contribution in [2.24, 2.45) is 11.8 Å². The number of aromatic nitrogens is 2. The molecule has 1 aliphatic carbocycles. The summed E-state index contributed by atoms with van der Waals surface area (Å²) >= 11 is 0. The molecule has 2 aromatic rings. The van der Waals surface area contributed by atoms with Crippen LogP contribution in [0.2, 0.25) is 0 Å². The van der Waals surface area contributed by atoms with Crippen molar-refractivity contribution in [3.63, 3.8) is 0 Å². The van der Waals surface area contributed by atoms with Gasteiger partial charge in [0, 0.05) is 6.07 Å². The summed E-state index contributed by atoms with van der Waals surface area (Å²) in [5.74, 6) is -1.41. The van der Waals surface area contributed by atoms with Crippen molar-refractivity contribution in [2.45, 2.75) is 39.5 Å². The lowest BCUT2D eigenvalue weighted by molar-refractivity contribution is -0.151. The highest BCUT2D eigenvalue weighted by Crippen LogP contribution is 2.35. The summed E-state index contributed by atoms with van der Waals surface area (Å²) in [7, 11) is 0. The first-order chi connectivity index (χ1) is 11.9. The van der Waals surface area contributed by atoms with Crippen LogP contribution < -0.4 is 5.32 Å². The number of carboxylic acid groups (broad SMARTS) is 1. The number of aryl methyl sites for hydroxylation is 1. The van der Waals surface area contributed by atoms with Gasteiger partial charge in [0.05, 0.1) is 23.2 Å². The second-order valence-corrected chi connectivity index (χ2v) is 6.97. The maximum atomic E-state index is 12.5. The van der Waals surface area contributed by atoms with Crippen LogP contribution in [0, 0.1) is 18.8 Å². The highest BCUT2D eigenvalue weighted by molar-refractivity contribution is 5.95. The molecule has 25 heavy (non-hydrogen) atoms. The van der Waals surface area contributed by atoms with E-state index in [2.05, 4.69) is 10.4 Å². The summed E-state index contributed by atoms with van der Waals surface area (Å²) in [5, 5.41) is 16.6. The molecule has 6 nitrogen and oxygen atoms in total.